The Morgan fingerprint density at radius 3 is 2.24 bits per heavy atom. The average Bonchev–Trinajstić information content (AvgIpc) is 3.26. The minimum atomic E-state index is -3.01. The van der Waals surface area contributed by atoms with Crippen LogP contribution in [0.5, 0.6) is 0 Å². The first-order chi connectivity index (χ1) is 13.8. The summed E-state index contributed by atoms with van der Waals surface area (Å²) >= 11 is 0. The van der Waals surface area contributed by atoms with E-state index in [4.69, 9.17) is 0 Å². The van der Waals surface area contributed by atoms with Crippen molar-refractivity contribution in [3.8, 4) is 11.3 Å². The Bertz CT molecular complexity index is 929. The van der Waals surface area contributed by atoms with Crippen LogP contribution in [-0.2, 0) is 9.84 Å². The average molecular weight is 415 g/mol. The third-order valence-corrected chi connectivity index (χ3v) is 7.97. The maximum atomic E-state index is 12.4. The van der Waals surface area contributed by atoms with Crippen molar-refractivity contribution in [1.29, 1.82) is 0 Å². The molecule has 1 amide bonds. The zero-order valence-corrected chi connectivity index (χ0v) is 18.3. The second-order valence-electron chi connectivity index (χ2n) is 8.16. The van der Waals surface area contributed by atoms with Crippen molar-refractivity contribution >= 4 is 15.7 Å². The Hall–Kier alpha value is -2.21. The Morgan fingerprint density at radius 1 is 1.03 bits per heavy atom. The summed E-state index contributed by atoms with van der Waals surface area (Å²) in [6.45, 7) is 7.18. The van der Waals surface area contributed by atoms with Gasteiger partial charge in [-0.2, -0.15) is 0 Å². The molecule has 3 rings (SSSR count). The van der Waals surface area contributed by atoms with E-state index in [-0.39, 0.29) is 22.8 Å². The predicted octanol–water partition coefficient (Wildman–Crippen LogP) is 4.30. The summed E-state index contributed by atoms with van der Waals surface area (Å²) in [5.74, 6) is 0.440. The summed E-state index contributed by atoms with van der Waals surface area (Å²) < 4.78 is 24.1. The Balaban J connectivity index is 1.64. The number of rotatable bonds is 7. The summed E-state index contributed by atoms with van der Waals surface area (Å²) in [5.41, 5.74) is 3.56. The lowest BCUT2D eigenvalue weighted by Crippen LogP contribution is -2.27. The molecule has 29 heavy (non-hydrogen) atoms. The first kappa shape index (κ1) is 21.5. The molecule has 1 aliphatic heterocycles. The van der Waals surface area contributed by atoms with Gasteiger partial charge in [0.1, 0.15) is 0 Å². The van der Waals surface area contributed by atoms with Crippen LogP contribution >= 0.6 is 0 Å². The fraction of sp³-hybridized carbons (Fsp3) is 0.478. The third kappa shape index (κ3) is 5.24. The number of hydrogen-bond acceptors (Lipinski definition) is 4. The summed E-state index contributed by atoms with van der Waals surface area (Å²) in [4.78, 5) is 18.8. The molecule has 1 saturated heterocycles. The van der Waals surface area contributed by atoms with Gasteiger partial charge in [-0.3, -0.25) is 9.78 Å². The second kappa shape index (κ2) is 9.08. The van der Waals surface area contributed by atoms with Gasteiger partial charge in [-0.25, -0.2) is 8.42 Å². The number of aromatic nitrogens is 1. The Labute approximate surface area is 174 Å². The minimum Gasteiger partial charge on any atom is -0.339 e. The lowest BCUT2D eigenvalue weighted by Gasteiger charge is -2.15. The molecule has 0 unspecified atom stereocenters. The fourth-order valence-corrected chi connectivity index (χ4v) is 4.67. The highest BCUT2D eigenvalue weighted by atomic mass is 32.2. The maximum absolute atomic E-state index is 12.4. The van der Waals surface area contributed by atoms with E-state index < -0.39 is 9.84 Å². The molecule has 5 nitrogen and oxygen atoms in total. The number of amides is 1. The molecule has 0 radical (unpaired) electrons. The van der Waals surface area contributed by atoms with Crippen LogP contribution in [0.3, 0.4) is 0 Å². The summed E-state index contributed by atoms with van der Waals surface area (Å²) in [7, 11) is -3.01. The molecule has 0 bridgehead atoms. The predicted molar refractivity (Wildman–Crippen MR) is 117 cm³/mol. The maximum Gasteiger partial charge on any atom is 0.255 e. The number of likely N-dealkylation sites (tertiary alicyclic amines) is 1. The van der Waals surface area contributed by atoms with Gasteiger partial charge in [-0.15, -0.1) is 0 Å². The Morgan fingerprint density at radius 2 is 1.69 bits per heavy atom. The first-order valence-corrected chi connectivity index (χ1v) is 12.1. The molecule has 1 aromatic carbocycles. The molecule has 2 aromatic rings. The molecule has 2 heterocycles. The van der Waals surface area contributed by atoms with Crippen molar-refractivity contribution < 1.29 is 13.2 Å². The lowest BCUT2D eigenvalue weighted by molar-refractivity contribution is 0.0792. The smallest absolute Gasteiger partial charge is 0.255 e. The molecule has 0 spiro atoms. The van der Waals surface area contributed by atoms with Gasteiger partial charge in [0.15, 0.2) is 9.84 Å². The van der Waals surface area contributed by atoms with Gasteiger partial charge in [0, 0.05) is 24.8 Å². The molecule has 1 atom stereocenters. The summed E-state index contributed by atoms with van der Waals surface area (Å²) in [6, 6.07) is 11.8. The Kier molecular flexibility index (Phi) is 6.73. The van der Waals surface area contributed by atoms with Gasteiger partial charge in [0.05, 0.1) is 22.3 Å². The molecule has 156 valence electrons. The van der Waals surface area contributed by atoms with Crippen molar-refractivity contribution in [3.05, 3.63) is 53.7 Å². The van der Waals surface area contributed by atoms with Crippen molar-refractivity contribution in [2.45, 2.75) is 51.2 Å². The number of sulfone groups is 1. The summed E-state index contributed by atoms with van der Waals surface area (Å²) in [6.07, 6.45) is 4.42. The number of hydrogen-bond donors (Lipinski definition) is 0. The number of nitrogens with zero attached hydrogens (tertiary/aromatic N) is 2. The van der Waals surface area contributed by atoms with E-state index >= 15 is 0 Å². The van der Waals surface area contributed by atoms with E-state index in [1.54, 1.807) is 20.0 Å². The van der Waals surface area contributed by atoms with E-state index in [2.05, 4.69) is 11.9 Å². The molecule has 1 aliphatic rings. The number of pyridine rings is 1. The van der Waals surface area contributed by atoms with E-state index in [9.17, 15) is 13.2 Å². The highest BCUT2D eigenvalue weighted by Gasteiger charge is 2.20. The monoisotopic (exact) mass is 414 g/mol. The molecule has 1 aromatic heterocycles. The van der Waals surface area contributed by atoms with Crippen molar-refractivity contribution in [2.75, 3.05) is 18.8 Å². The molecule has 0 saturated carbocycles. The lowest BCUT2D eigenvalue weighted by atomic mass is 9.97. The van der Waals surface area contributed by atoms with Crippen LogP contribution in [0.25, 0.3) is 11.3 Å². The van der Waals surface area contributed by atoms with E-state index in [0.29, 0.717) is 12.0 Å². The minimum absolute atomic E-state index is 0.0575. The van der Waals surface area contributed by atoms with Crippen molar-refractivity contribution in [2.24, 2.45) is 0 Å². The quantitative estimate of drug-likeness (QED) is 0.677. The number of carbonyl (C=O) groups is 1. The highest BCUT2D eigenvalue weighted by Crippen LogP contribution is 2.25. The van der Waals surface area contributed by atoms with Crippen LogP contribution in [0, 0.1) is 0 Å². The molecule has 6 heteroatoms. The van der Waals surface area contributed by atoms with Crippen LogP contribution in [-0.4, -0.2) is 48.3 Å². The van der Waals surface area contributed by atoms with Crippen molar-refractivity contribution in [1.82, 2.24) is 9.88 Å². The highest BCUT2D eigenvalue weighted by molar-refractivity contribution is 7.91. The molecular formula is C23H30N2O3S. The fourth-order valence-electron chi connectivity index (χ4n) is 3.52. The number of carbonyl (C=O) groups excluding carboxylic acids is 1. The standard InChI is InChI=1S/C23H30N2O3S/c1-17(2)29(27,28)15-12-18(3)19-6-8-20(9-7-19)22-11-10-21(16-24-22)23(26)25-13-4-5-14-25/h6-11,16-18H,4-5,12-15H2,1-3H3/t18-/m0/s1. The van der Waals surface area contributed by atoms with Crippen LogP contribution in [0.4, 0.5) is 0 Å². The summed E-state index contributed by atoms with van der Waals surface area (Å²) in [5, 5.41) is -0.330. The van der Waals surface area contributed by atoms with E-state index in [1.807, 2.05) is 41.3 Å². The zero-order valence-electron chi connectivity index (χ0n) is 17.5. The van der Waals surface area contributed by atoms with Gasteiger partial charge in [0.2, 0.25) is 0 Å². The second-order valence-corrected chi connectivity index (χ2v) is 10.8. The van der Waals surface area contributed by atoms with Gasteiger partial charge in [0.25, 0.3) is 5.91 Å². The third-order valence-electron chi connectivity index (χ3n) is 5.73. The normalized spacial score (nSPS) is 15.7. The number of benzene rings is 1. The first-order valence-electron chi connectivity index (χ1n) is 10.3. The largest absolute Gasteiger partial charge is 0.339 e. The van der Waals surface area contributed by atoms with Gasteiger partial charge >= 0.3 is 0 Å². The van der Waals surface area contributed by atoms with E-state index in [1.165, 1.54) is 0 Å². The SMILES string of the molecule is CC(C)S(=O)(=O)CC[C@H](C)c1ccc(-c2ccc(C(=O)N3CCCC3)cn2)cc1. The van der Waals surface area contributed by atoms with Crippen LogP contribution in [0.2, 0.25) is 0 Å². The molecule has 1 fully saturated rings. The van der Waals surface area contributed by atoms with Crippen molar-refractivity contribution in [3.63, 3.8) is 0 Å². The van der Waals surface area contributed by atoms with E-state index in [0.717, 1.165) is 42.8 Å². The van der Waals surface area contributed by atoms with Crippen LogP contribution < -0.4 is 0 Å². The molecular weight excluding hydrogens is 384 g/mol. The molecule has 0 N–H and O–H groups in total. The van der Waals surface area contributed by atoms with Crippen LogP contribution in [0.15, 0.2) is 42.6 Å². The zero-order chi connectivity index (χ0) is 21.0. The van der Waals surface area contributed by atoms with Crippen LogP contribution in [0.1, 0.15) is 61.9 Å². The van der Waals surface area contributed by atoms with Gasteiger partial charge in [-0.1, -0.05) is 31.2 Å². The molecule has 0 aliphatic carbocycles. The van der Waals surface area contributed by atoms with Gasteiger partial charge in [-0.05, 0) is 56.7 Å². The topological polar surface area (TPSA) is 67.3 Å². The van der Waals surface area contributed by atoms with Gasteiger partial charge < -0.3 is 4.90 Å².